The van der Waals surface area contributed by atoms with Gasteiger partial charge in [0.2, 0.25) is 18.6 Å². The van der Waals surface area contributed by atoms with Gasteiger partial charge in [-0.25, -0.2) is 0 Å². The largest absolute Gasteiger partial charge is 0.454 e. The minimum absolute atomic E-state index is 0.196. The van der Waals surface area contributed by atoms with Crippen LogP contribution in [0.25, 0.3) is 11.5 Å². The molecular formula is C17H16N4O5S. The molecular weight excluding hydrogens is 372 g/mol. The van der Waals surface area contributed by atoms with Crippen LogP contribution in [0.1, 0.15) is 19.1 Å². The van der Waals surface area contributed by atoms with E-state index in [4.69, 9.17) is 18.4 Å². The summed E-state index contributed by atoms with van der Waals surface area (Å²) in [5.74, 6) is 2.45. The number of thioether (sulfide) groups is 1. The van der Waals surface area contributed by atoms with Crippen LogP contribution < -0.4 is 14.8 Å². The van der Waals surface area contributed by atoms with Gasteiger partial charge in [0.1, 0.15) is 5.76 Å². The van der Waals surface area contributed by atoms with Crippen LogP contribution in [0.4, 0.5) is 5.82 Å². The molecule has 0 aliphatic carbocycles. The first-order valence-electron chi connectivity index (χ1n) is 8.26. The number of nitrogens with zero attached hydrogens (tertiary/aromatic N) is 3. The molecule has 0 radical (unpaired) electrons. The number of ether oxygens (including phenoxy) is 2. The molecule has 9 nitrogen and oxygen atoms in total. The van der Waals surface area contributed by atoms with Crippen LogP contribution in [0.3, 0.4) is 0 Å². The number of benzene rings is 1. The smallest absolute Gasteiger partial charge is 0.277 e. The summed E-state index contributed by atoms with van der Waals surface area (Å²) in [7, 11) is 0. The Morgan fingerprint density at radius 3 is 2.89 bits per heavy atom. The lowest BCUT2D eigenvalue weighted by atomic mass is 10.2. The maximum absolute atomic E-state index is 12.4. The number of carbonyl (C=O) groups excluding carboxylic acids is 1. The molecule has 27 heavy (non-hydrogen) atoms. The zero-order valence-electron chi connectivity index (χ0n) is 14.6. The van der Waals surface area contributed by atoms with Gasteiger partial charge in [-0.05, 0) is 31.5 Å². The van der Waals surface area contributed by atoms with Gasteiger partial charge in [-0.1, -0.05) is 23.8 Å². The van der Waals surface area contributed by atoms with Crippen LogP contribution in [-0.4, -0.2) is 33.3 Å². The highest BCUT2D eigenvalue weighted by Gasteiger charge is 2.23. The number of carbonyl (C=O) groups is 1. The number of nitrogens with one attached hydrogen (secondary N) is 1. The Kier molecular flexibility index (Phi) is 4.71. The van der Waals surface area contributed by atoms with Gasteiger partial charge >= 0.3 is 0 Å². The van der Waals surface area contributed by atoms with Crippen molar-refractivity contribution in [3.8, 4) is 23.0 Å². The van der Waals surface area contributed by atoms with E-state index < -0.39 is 5.25 Å². The second-order valence-electron chi connectivity index (χ2n) is 5.77. The van der Waals surface area contributed by atoms with Crippen LogP contribution in [0.15, 0.2) is 38.4 Å². The molecule has 2 aromatic heterocycles. The molecule has 4 rings (SSSR count). The zero-order chi connectivity index (χ0) is 18.8. The Labute approximate surface area is 158 Å². The molecule has 0 spiro atoms. The van der Waals surface area contributed by atoms with Crippen LogP contribution in [-0.2, 0) is 4.79 Å². The third-order valence-electron chi connectivity index (χ3n) is 3.81. The monoisotopic (exact) mass is 388 g/mol. The van der Waals surface area contributed by atoms with Crippen molar-refractivity contribution in [3.63, 3.8) is 0 Å². The fraction of sp³-hybridized carbons (Fsp3) is 0.294. The Balaban J connectivity index is 1.45. The van der Waals surface area contributed by atoms with E-state index >= 15 is 0 Å². The molecule has 140 valence electrons. The van der Waals surface area contributed by atoms with Crippen molar-refractivity contribution >= 4 is 23.5 Å². The summed E-state index contributed by atoms with van der Waals surface area (Å²) in [6.45, 7) is 3.85. The highest BCUT2D eigenvalue weighted by molar-refractivity contribution is 8.00. The number of hydrogen-bond donors (Lipinski definition) is 1. The van der Waals surface area contributed by atoms with Crippen molar-refractivity contribution in [1.82, 2.24) is 15.4 Å². The number of hydrogen-bond acceptors (Lipinski definition) is 9. The Bertz CT molecular complexity index is 970. The normalized spacial score (nSPS) is 13.6. The number of anilines is 1. The van der Waals surface area contributed by atoms with Crippen LogP contribution in [0.5, 0.6) is 11.5 Å². The SMILES string of the molecule is CCC(Sc1nnc(-c2ccc3c(c2)OCO3)o1)C(=O)Nc1cc(C)on1. The number of amides is 1. The van der Waals surface area contributed by atoms with Crippen LogP contribution in [0.2, 0.25) is 0 Å². The van der Waals surface area contributed by atoms with Crippen LogP contribution in [0, 0.1) is 6.92 Å². The Morgan fingerprint density at radius 1 is 1.26 bits per heavy atom. The maximum Gasteiger partial charge on any atom is 0.277 e. The molecule has 1 atom stereocenters. The van der Waals surface area contributed by atoms with Gasteiger partial charge in [0.25, 0.3) is 5.22 Å². The van der Waals surface area contributed by atoms with Crippen molar-refractivity contribution < 1.29 is 23.2 Å². The molecule has 0 saturated heterocycles. The topological polar surface area (TPSA) is 113 Å². The summed E-state index contributed by atoms with van der Waals surface area (Å²) in [5, 5.41) is 14.5. The van der Waals surface area contributed by atoms with E-state index in [2.05, 4.69) is 20.7 Å². The minimum Gasteiger partial charge on any atom is -0.454 e. The van der Waals surface area contributed by atoms with Crippen molar-refractivity contribution in [2.45, 2.75) is 30.7 Å². The Hall–Kier alpha value is -3.01. The third-order valence-corrected chi connectivity index (χ3v) is 5.01. The maximum atomic E-state index is 12.4. The Morgan fingerprint density at radius 2 is 2.11 bits per heavy atom. The van der Waals surface area contributed by atoms with Gasteiger partial charge in [-0.15, -0.1) is 10.2 Å². The highest BCUT2D eigenvalue weighted by Crippen LogP contribution is 2.36. The summed E-state index contributed by atoms with van der Waals surface area (Å²) >= 11 is 1.20. The standard InChI is InChI=1S/C17H16N4O5S/c1-3-13(15(22)18-14-6-9(2)26-21-14)27-17-20-19-16(25-17)10-4-5-11-12(7-10)24-8-23-11/h4-7,13H,3,8H2,1-2H3,(H,18,21,22). The summed E-state index contributed by atoms with van der Waals surface area (Å²) < 4.78 is 21.3. The number of fused-ring (bicyclic) bond motifs is 1. The highest BCUT2D eigenvalue weighted by atomic mass is 32.2. The third kappa shape index (κ3) is 3.75. The van der Waals surface area contributed by atoms with Gasteiger partial charge in [0.05, 0.1) is 5.25 Å². The lowest BCUT2D eigenvalue weighted by molar-refractivity contribution is -0.115. The molecule has 0 saturated carbocycles. The van der Waals surface area contributed by atoms with E-state index in [0.717, 1.165) is 0 Å². The second-order valence-corrected chi connectivity index (χ2v) is 6.92. The molecule has 1 amide bonds. The summed E-state index contributed by atoms with van der Waals surface area (Å²) in [5.41, 5.74) is 0.717. The first-order chi connectivity index (χ1) is 13.1. The van der Waals surface area contributed by atoms with E-state index in [0.29, 0.717) is 46.2 Å². The summed E-state index contributed by atoms with van der Waals surface area (Å²) in [6, 6.07) is 7.03. The van der Waals surface area contributed by atoms with Gasteiger partial charge in [-0.3, -0.25) is 4.79 Å². The van der Waals surface area contributed by atoms with Crippen molar-refractivity contribution in [3.05, 3.63) is 30.0 Å². The molecule has 1 unspecified atom stereocenters. The summed E-state index contributed by atoms with van der Waals surface area (Å²) in [4.78, 5) is 12.4. The molecule has 0 fully saturated rings. The van der Waals surface area contributed by atoms with E-state index in [1.165, 1.54) is 11.8 Å². The van der Waals surface area contributed by atoms with Crippen molar-refractivity contribution in [1.29, 1.82) is 0 Å². The van der Waals surface area contributed by atoms with E-state index in [9.17, 15) is 4.79 Å². The first kappa shape index (κ1) is 17.4. The molecule has 1 N–H and O–H groups in total. The molecule has 3 heterocycles. The zero-order valence-corrected chi connectivity index (χ0v) is 15.4. The van der Waals surface area contributed by atoms with E-state index in [1.54, 1.807) is 25.1 Å². The van der Waals surface area contributed by atoms with Crippen molar-refractivity contribution in [2.75, 3.05) is 12.1 Å². The van der Waals surface area contributed by atoms with E-state index in [-0.39, 0.29) is 12.7 Å². The molecule has 1 aliphatic rings. The second kappa shape index (κ2) is 7.31. The lowest BCUT2D eigenvalue weighted by Gasteiger charge is -2.10. The predicted molar refractivity (Wildman–Crippen MR) is 95.7 cm³/mol. The molecule has 3 aromatic rings. The van der Waals surface area contributed by atoms with Crippen LogP contribution >= 0.6 is 11.8 Å². The molecule has 1 aliphatic heterocycles. The quantitative estimate of drug-likeness (QED) is 0.636. The molecule has 10 heteroatoms. The first-order valence-corrected chi connectivity index (χ1v) is 9.14. The van der Waals surface area contributed by atoms with E-state index in [1.807, 2.05) is 13.0 Å². The van der Waals surface area contributed by atoms with Crippen molar-refractivity contribution in [2.24, 2.45) is 0 Å². The fourth-order valence-corrected chi connectivity index (χ4v) is 3.27. The molecule has 0 bridgehead atoms. The van der Waals surface area contributed by atoms with Gasteiger partial charge in [0.15, 0.2) is 17.3 Å². The number of aryl methyl sites for hydroxylation is 1. The van der Waals surface area contributed by atoms with Gasteiger partial charge in [0, 0.05) is 11.6 Å². The number of rotatable bonds is 6. The minimum atomic E-state index is -0.410. The fourth-order valence-electron chi connectivity index (χ4n) is 2.48. The van der Waals surface area contributed by atoms with Gasteiger partial charge in [-0.2, -0.15) is 0 Å². The average Bonchev–Trinajstić information content (AvgIpc) is 3.39. The lowest BCUT2D eigenvalue weighted by Crippen LogP contribution is -2.24. The van der Waals surface area contributed by atoms with Gasteiger partial charge < -0.3 is 23.7 Å². The summed E-state index contributed by atoms with van der Waals surface area (Å²) in [6.07, 6.45) is 0.578. The number of aromatic nitrogens is 3. The molecule has 1 aromatic carbocycles. The average molecular weight is 388 g/mol. The predicted octanol–water partition coefficient (Wildman–Crippen LogP) is 3.27.